The lowest BCUT2D eigenvalue weighted by molar-refractivity contribution is -0.155. The molecule has 1 atom stereocenters. The molecule has 0 aliphatic rings. The summed E-state index contributed by atoms with van der Waals surface area (Å²) in [5, 5.41) is 0.397. The molecule has 0 aromatic heterocycles. The second kappa shape index (κ2) is 8.49. The third kappa shape index (κ3) is 5.69. The Morgan fingerprint density at radius 2 is 1.64 bits per heavy atom. The number of rotatable bonds is 6. The van der Waals surface area contributed by atoms with Gasteiger partial charge >= 0.3 is 5.97 Å². The van der Waals surface area contributed by atoms with Crippen molar-refractivity contribution >= 4 is 33.3 Å². The van der Waals surface area contributed by atoms with E-state index in [0.29, 0.717) is 5.02 Å². The predicted octanol–water partition coefficient (Wildman–Crippen LogP) is 4.79. The molecule has 8 heteroatoms. The predicted molar refractivity (Wildman–Crippen MR) is 107 cm³/mol. The van der Waals surface area contributed by atoms with Crippen LogP contribution >= 0.6 is 11.6 Å². The molecule has 1 unspecified atom stereocenters. The van der Waals surface area contributed by atoms with Gasteiger partial charge in [-0.15, -0.1) is 0 Å². The van der Waals surface area contributed by atoms with E-state index in [0.717, 1.165) is 4.31 Å². The van der Waals surface area contributed by atoms with Gasteiger partial charge in [0.05, 0.1) is 23.0 Å². The third-order valence-electron chi connectivity index (χ3n) is 3.73. The molecule has 2 aromatic carbocycles. The number of carbonyl (C=O) groups is 1. The zero-order valence-corrected chi connectivity index (χ0v) is 17.7. The summed E-state index contributed by atoms with van der Waals surface area (Å²) in [5.74, 6) is -1.02. The Labute approximate surface area is 170 Å². The van der Waals surface area contributed by atoms with Crippen molar-refractivity contribution in [2.75, 3.05) is 4.31 Å². The molecule has 0 N–H and O–H groups in total. The maximum absolute atomic E-state index is 13.4. The van der Waals surface area contributed by atoms with Gasteiger partial charge in [-0.2, -0.15) is 0 Å². The van der Waals surface area contributed by atoms with Crippen LogP contribution in [0.15, 0.2) is 53.4 Å². The Balaban J connectivity index is 2.43. The van der Waals surface area contributed by atoms with Gasteiger partial charge in [0.1, 0.15) is 11.4 Å². The number of ether oxygens (including phenoxy) is 1. The van der Waals surface area contributed by atoms with Crippen LogP contribution in [-0.2, 0) is 19.6 Å². The van der Waals surface area contributed by atoms with Crippen LogP contribution in [0.2, 0.25) is 5.02 Å². The number of hydrogen-bond acceptors (Lipinski definition) is 4. The van der Waals surface area contributed by atoms with Crippen molar-refractivity contribution in [3.8, 4) is 0 Å². The summed E-state index contributed by atoms with van der Waals surface area (Å²) in [6.07, 6.45) is -0.165. The lowest BCUT2D eigenvalue weighted by Crippen LogP contribution is -2.41. The standard InChI is InChI=1S/C20H23ClFNO4S/c1-14(13-19(24)27-20(2,3)4)23(17-9-7-16(22)8-10-17)28(25,26)18-11-5-15(21)6-12-18/h5-12,14H,13H2,1-4H3. The first-order chi connectivity index (χ1) is 12.9. The highest BCUT2D eigenvalue weighted by molar-refractivity contribution is 7.92. The molecule has 0 fully saturated rings. The molecule has 2 aromatic rings. The van der Waals surface area contributed by atoms with Crippen molar-refractivity contribution < 1.29 is 22.3 Å². The van der Waals surface area contributed by atoms with E-state index in [1.807, 2.05) is 0 Å². The Morgan fingerprint density at radius 3 is 2.14 bits per heavy atom. The Hall–Kier alpha value is -2.12. The van der Waals surface area contributed by atoms with Gasteiger partial charge < -0.3 is 4.74 Å². The normalized spacial score (nSPS) is 13.1. The first kappa shape index (κ1) is 22.2. The Kier molecular flexibility index (Phi) is 6.72. The van der Waals surface area contributed by atoms with Crippen molar-refractivity contribution in [3.63, 3.8) is 0 Å². The summed E-state index contributed by atoms with van der Waals surface area (Å²) in [5.41, 5.74) is -0.445. The van der Waals surface area contributed by atoms with Gasteiger partial charge in [-0.05, 0) is 76.2 Å². The molecular formula is C20H23ClFNO4S. The van der Waals surface area contributed by atoms with Crippen LogP contribution in [0.5, 0.6) is 0 Å². The van der Waals surface area contributed by atoms with E-state index in [1.54, 1.807) is 27.7 Å². The van der Waals surface area contributed by atoms with Gasteiger partial charge in [-0.3, -0.25) is 9.10 Å². The van der Waals surface area contributed by atoms with Crippen LogP contribution in [0.4, 0.5) is 10.1 Å². The van der Waals surface area contributed by atoms with E-state index in [2.05, 4.69) is 0 Å². The highest BCUT2D eigenvalue weighted by atomic mass is 35.5. The van der Waals surface area contributed by atoms with Gasteiger partial charge in [0.2, 0.25) is 0 Å². The summed E-state index contributed by atoms with van der Waals surface area (Å²) < 4.78 is 46.3. The zero-order chi connectivity index (χ0) is 21.1. The molecule has 0 radical (unpaired) electrons. The van der Waals surface area contributed by atoms with Gasteiger partial charge in [-0.25, -0.2) is 12.8 Å². The summed E-state index contributed by atoms with van der Waals surface area (Å²) >= 11 is 5.86. The average molecular weight is 428 g/mol. The molecule has 152 valence electrons. The Morgan fingerprint density at radius 1 is 1.11 bits per heavy atom. The highest BCUT2D eigenvalue weighted by Crippen LogP contribution is 2.28. The van der Waals surface area contributed by atoms with E-state index < -0.39 is 33.5 Å². The van der Waals surface area contributed by atoms with Crippen LogP contribution in [-0.4, -0.2) is 26.0 Å². The summed E-state index contributed by atoms with van der Waals surface area (Å²) in [6.45, 7) is 6.80. The van der Waals surface area contributed by atoms with Crippen LogP contribution < -0.4 is 4.31 Å². The van der Waals surface area contributed by atoms with Crippen molar-refractivity contribution in [2.45, 2.75) is 50.7 Å². The van der Waals surface area contributed by atoms with Crippen LogP contribution in [0.1, 0.15) is 34.1 Å². The summed E-state index contributed by atoms with van der Waals surface area (Å²) in [6, 6.07) is 9.98. The molecule has 0 heterocycles. The molecule has 5 nitrogen and oxygen atoms in total. The lowest BCUT2D eigenvalue weighted by Gasteiger charge is -2.31. The first-order valence-corrected chi connectivity index (χ1v) is 10.5. The number of nitrogens with zero attached hydrogens (tertiary/aromatic N) is 1. The van der Waals surface area contributed by atoms with Crippen molar-refractivity contribution in [3.05, 3.63) is 59.4 Å². The fourth-order valence-electron chi connectivity index (χ4n) is 2.65. The molecule has 0 bridgehead atoms. The second-order valence-corrected chi connectivity index (χ2v) is 9.62. The number of halogens is 2. The molecule has 0 saturated heterocycles. The molecule has 0 amide bonds. The van der Waals surface area contributed by atoms with Crippen molar-refractivity contribution in [1.82, 2.24) is 0 Å². The maximum atomic E-state index is 13.4. The van der Waals surface area contributed by atoms with Crippen LogP contribution in [0.3, 0.4) is 0 Å². The third-order valence-corrected chi connectivity index (χ3v) is 5.94. The molecule has 28 heavy (non-hydrogen) atoms. The van der Waals surface area contributed by atoms with E-state index in [4.69, 9.17) is 16.3 Å². The smallest absolute Gasteiger partial charge is 0.308 e. The molecule has 0 aliphatic carbocycles. The largest absolute Gasteiger partial charge is 0.460 e. The zero-order valence-electron chi connectivity index (χ0n) is 16.1. The fraction of sp³-hybridized carbons (Fsp3) is 0.350. The molecule has 0 aliphatic heterocycles. The summed E-state index contributed by atoms with van der Waals surface area (Å²) in [7, 11) is -4.03. The van der Waals surface area contributed by atoms with Gasteiger partial charge in [0, 0.05) is 5.02 Å². The number of hydrogen-bond donors (Lipinski definition) is 0. The number of anilines is 1. The first-order valence-electron chi connectivity index (χ1n) is 8.67. The molecular weight excluding hydrogens is 405 g/mol. The number of sulfonamides is 1. The van der Waals surface area contributed by atoms with Crippen molar-refractivity contribution in [1.29, 1.82) is 0 Å². The topological polar surface area (TPSA) is 63.7 Å². The minimum Gasteiger partial charge on any atom is -0.460 e. The highest BCUT2D eigenvalue weighted by Gasteiger charge is 2.32. The fourth-order valence-corrected chi connectivity index (χ4v) is 4.43. The minimum atomic E-state index is -4.03. The van der Waals surface area contributed by atoms with Crippen LogP contribution in [0.25, 0.3) is 0 Å². The summed E-state index contributed by atoms with van der Waals surface area (Å²) in [4.78, 5) is 12.3. The minimum absolute atomic E-state index is 0.0114. The number of esters is 1. The van der Waals surface area contributed by atoms with E-state index in [1.165, 1.54) is 48.5 Å². The van der Waals surface area contributed by atoms with Gasteiger partial charge in [0.25, 0.3) is 10.0 Å². The average Bonchev–Trinajstić information content (AvgIpc) is 2.55. The van der Waals surface area contributed by atoms with E-state index >= 15 is 0 Å². The second-order valence-electron chi connectivity index (χ2n) is 7.37. The molecule has 0 spiro atoms. The number of carbonyl (C=O) groups excluding carboxylic acids is 1. The van der Waals surface area contributed by atoms with Crippen molar-refractivity contribution in [2.24, 2.45) is 0 Å². The number of benzene rings is 2. The quantitative estimate of drug-likeness (QED) is 0.621. The monoisotopic (exact) mass is 427 g/mol. The maximum Gasteiger partial charge on any atom is 0.308 e. The SMILES string of the molecule is CC(CC(=O)OC(C)(C)C)N(c1ccc(F)cc1)S(=O)(=O)c1ccc(Cl)cc1. The van der Waals surface area contributed by atoms with Gasteiger partial charge in [0.15, 0.2) is 0 Å². The Bertz CT molecular complexity index is 922. The van der Waals surface area contributed by atoms with Gasteiger partial charge in [-0.1, -0.05) is 11.6 Å². The van der Waals surface area contributed by atoms with Crippen LogP contribution in [0, 0.1) is 5.82 Å². The molecule has 2 rings (SSSR count). The lowest BCUT2D eigenvalue weighted by atomic mass is 10.1. The molecule has 0 saturated carbocycles. The van der Waals surface area contributed by atoms with E-state index in [-0.39, 0.29) is 17.0 Å². The van der Waals surface area contributed by atoms with E-state index in [9.17, 15) is 17.6 Å².